The molecule has 1 aromatic rings. The summed E-state index contributed by atoms with van der Waals surface area (Å²) in [6.45, 7) is 15.4. The van der Waals surface area contributed by atoms with E-state index in [4.69, 9.17) is 4.42 Å². The molecule has 21 heavy (non-hydrogen) atoms. The fraction of sp³-hybridized carbons (Fsp3) is 0.778. The van der Waals surface area contributed by atoms with Crippen molar-refractivity contribution >= 4 is 0 Å². The molecule has 0 aromatic carbocycles. The molecule has 2 heterocycles. The summed E-state index contributed by atoms with van der Waals surface area (Å²) >= 11 is 0. The van der Waals surface area contributed by atoms with Crippen molar-refractivity contribution in [2.75, 3.05) is 13.1 Å². The summed E-state index contributed by atoms with van der Waals surface area (Å²) in [6.07, 6.45) is 3.92. The Balaban J connectivity index is 1.88. The Labute approximate surface area is 130 Å². The maximum Gasteiger partial charge on any atom is 0.120 e. The van der Waals surface area contributed by atoms with Gasteiger partial charge in [-0.3, -0.25) is 4.90 Å². The fourth-order valence-corrected chi connectivity index (χ4v) is 2.97. The largest absolute Gasteiger partial charge is 0.463 e. The highest BCUT2D eigenvalue weighted by atomic mass is 16.3. The quantitative estimate of drug-likeness (QED) is 0.855. The average molecular weight is 292 g/mol. The number of hydrogen-bond acceptors (Lipinski definition) is 3. The van der Waals surface area contributed by atoms with E-state index in [0.717, 1.165) is 24.6 Å². The molecule has 0 spiro atoms. The molecule has 1 saturated heterocycles. The second-order valence-corrected chi connectivity index (χ2v) is 7.29. The van der Waals surface area contributed by atoms with E-state index in [1.165, 1.54) is 37.9 Å². The van der Waals surface area contributed by atoms with Crippen molar-refractivity contribution in [2.45, 2.75) is 73.0 Å². The van der Waals surface area contributed by atoms with Crippen LogP contribution in [0.3, 0.4) is 0 Å². The third-order valence-corrected chi connectivity index (χ3v) is 5.04. The normalized spacial score (nSPS) is 19.3. The van der Waals surface area contributed by atoms with Gasteiger partial charge in [-0.15, -0.1) is 0 Å². The lowest BCUT2D eigenvalue weighted by atomic mass is 9.78. The number of piperidine rings is 1. The van der Waals surface area contributed by atoms with Crippen molar-refractivity contribution in [1.82, 2.24) is 10.2 Å². The predicted octanol–water partition coefficient (Wildman–Crippen LogP) is 4.10. The minimum absolute atomic E-state index is 0.492. The first-order chi connectivity index (χ1) is 9.92. The van der Waals surface area contributed by atoms with E-state index >= 15 is 0 Å². The number of nitrogens with zero attached hydrogens (tertiary/aromatic N) is 1. The maximum absolute atomic E-state index is 6.04. The summed E-state index contributed by atoms with van der Waals surface area (Å²) in [7, 11) is 0. The summed E-state index contributed by atoms with van der Waals surface area (Å²) in [5, 5.41) is 3.43. The number of hydrogen-bond donors (Lipinski definition) is 1. The van der Waals surface area contributed by atoms with Gasteiger partial charge in [-0.05, 0) is 49.9 Å². The van der Waals surface area contributed by atoms with Crippen LogP contribution in [0.15, 0.2) is 10.5 Å². The topological polar surface area (TPSA) is 28.4 Å². The van der Waals surface area contributed by atoms with Gasteiger partial charge in [0.05, 0.1) is 13.1 Å². The number of rotatable bonds is 6. The molecule has 1 fully saturated rings. The Morgan fingerprint density at radius 3 is 2.57 bits per heavy atom. The zero-order valence-corrected chi connectivity index (χ0v) is 14.5. The SMILES string of the molecule is CCC1(C)CCN(Cc2cc(C)c(CNC(C)C)o2)CC1. The molecule has 0 bridgehead atoms. The summed E-state index contributed by atoms with van der Waals surface area (Å²) in [4.78, 5) is 2.54. The molecule has 1 N–H and O–H groups in total. The van der Waals surface area contributed by atoms with Crippen LogP contribution >= 0.6 is 0 Å². The first-order valence-electron chi connectivity index (χ1n) is 8.46. The van der Waals surface area contributed by atoms with Crippen molar-refractivity contribution < 1.29 is 4.42 Å². The van der Waals surface area contributed by atoms with Gasteiger partial charge in [0.25, 0.3) is 0 Å². The van der Waals surface area contributed by atoms with Crippen LogP contribution in [0.5, 0.6) is 0 Å². The third-order valence-electron chi connectivity index (χ3n) is 5.04. The van der Waals surface area contributed by atoms with E-state index < -0.39 is 0 Å². The number of nitrogens with one attached hydrogen (secondary N) is 1. The zero-order valence-electron chi connectivity index (χ0n) is 14.5. The molecule has 0 amide bonds. The van der Waals surface area contributed by atoms with Crippen molar-refractivity contribution in [3.63, 3.8) is 0 Å². The van der Waals surface area contributed by atoms with E-state index in [-0.39, 0.29) is 0 Å². The highest BCUT2D eigenvalue weighted by Gasteiger charge is 2.28. The zero-order chi connectivity index (χ0) is 15.5. The van der Waals surface area contributed by atoms with Gasteiger partial charge < -0.3 is 9.73 Å². The van der Waals surface area contributed by atoms with Crippen molar-refractivity contribution in [2.24, 2.45) is 5.41 Å². The Bertz CT molecular complexity index is 442. The smallest absolute Gasteiger partial charge is 0.120 e. The summed E-state index contributed by atoms with van der Waals surface area (Å²) in [5.74, 6) is 2.21. The molecule has 1 aromatic heterocycles. The maximum atomic E-state index is 6.04. The molecule has 3 heteroatoms. The van der Waals surface area contributed by atoms with Crippen LogP contribution in [-0.2, 0) is 13.1 Å². The van der Waals surface area contributed by atoms with Gasteiger partial charge in [0.1, 0.15) is 11.5 Å². The van der Waals surface area contributed by atoms with Crippen LogP contribution in [0, 0.1) is 12.3 Å². The fourth-order valence-electron chi connectivity index (χ4n) is 2.97. The Kier molecular flexibility index (Phi) is 5.50. The monoisotopic (exact) mass is 292 g/mol. The van der Waals surface area contributed by atoms with Gasteiger partial charge >= 0.3 is 0 Å². The molecular weight excluding hydrogens is 260 g/mol. The molecule has 120 valence electrons. The Hall–Kier alpha value is -0.800. The van der Waals surface area contributed by atoms with Crippen molar-refractivity contribution in [3.05, 3.63) is 23.2 Å². The van der Waals surface area contributed by atoms with Gasteiger partial charge in [0.2, 0.25) is 0 Å². The molecule has 0 aliphatic carbocycles. The van der Waals surface area contributed by atoms with E-state index in [2.05, 4.69) is 50.9 Å². The molecule has 2 rings (SSSR count). The number of likely N-dealkylation sites (tertiary alicyclic amines) is 1. The lowest BCUT2D eigenvalue weighted by molar-refractivity contribution is 0.103. The highest BCUT2D eigenvalue weighted by Crippen LogP contribution is 2.34. The van der Waals surface area contributed by atoms with Gasteiger partial charge in [0, 0.05) is 6.04 Å². The van der Waals surface area contributed by atoms with Crippen LogP contribution in [0.4, 0.5) is 0 Å². The molecule has 0 atom stereocenters. The van der Waals surface area contributed by atoms with E-state index in [1.54, 1.807) is 0 Å². The van der Waals surface area contributed by atoms with Crippen molar-refractivity contribution in [3.8, 4) is 0 Å². The summed E-state index contributed by atoms with van der Waals surface area (Å²) in [5.41, 5.74) is 1.83. The standard InChI is InChI=1S/C18H32N2O/c1-6-18(5)7-9-20(10-8-18)13-16-11-15(4)17(21-16)12-19-14(2)3/h11,14,19H,6-10,12-13H2,1-5H3. The van der Waals surface area contributed by atoms with Crippen LogP contribution in [-0.4, -0.2) is 24.0 Å². The van der Waals surface area contributed by atoms with Gasteiger partial charge in [-0.2, -0.15) is 0 Å². The lowest BCUT2D eigenvalue weighted by Gasteiger charge is -2.38. The second kappa shape index (κ2) is 6.97. The summed E-state index contributed by atoms with van der Waals surface area (Å²) in [6, 6.07) is 2.71. The van der Waals surface area contributed by atoms with Gasteiger partial charge in [-0.1, -0.05) is 34.1 Å². The lowest BCUT2D eigenvalue weighted by Crippen LogP contribution is -2.37. The van der Waals surface area contributed by atoms with Crippen LogP contribution in [0.2, 0.25) is 0 Å². The van der Waals surface area contributed by atoms with Crippen LogP contribution in [0.25, 0.3) is 0 Å². The molecule has 0 saturated carbocycles. The molecular formula is C18H32N2O. The molecule has 0 unspecified atom stereocenters. The van der Waals surface area contributed by atoms with E-state index in [1.807, 2.05) is 0 Å². The predicted molar refractivity (Wildman–Crippen MR) is 88.3 cm³/mol. The number of furan rings is 1. The minimum atomic E-state index is 0.492. The second-order valence-electron chi connectivity index (χ2n) is 7.29. The molecule has 3 nitrogen and oxygen atoms in total. The van der Waals surface area contributed by atoms with Gasteiger partial charge in [0.15, 0.2) is 0 Å². The van der Waals surface area contributed by atoms with Crippen LogP contribution < -0.4 is 5.32 Å². The van der Waals surface area contributed by atoms with Crippen molar-refractivity contribution in [1.29, 1.82) is 0 Å². The molecule has 1 aliphatic heterocycles. The summed E-state index contributed by atoms with van der Waals surface area (Å²) < 4.78 is 6.04. The average Bonchev–Trinajstić information content (AvgIpc) is 2.79. The third kappa shape index (κ3) is 4.58. The van der Waals surface area contributed by atoms with Crippen LogP contribution in [0.1, 0.15) is 64.0 Å². The van der Waals surface area contributed by atoms with E-state index in [0.29, 0.717) is 11.5 Å². The van der Waals surface area contributed by atoms with E-state index in [9.17, 15) is 0 Å². The van der Waals surface area contributed by atoms with Gasteiger partial charge in [-0.25, -0.2) is 0 Å². The Morgan fingerprint density at radius 1 is 1.33 bits per heavy atom. The highest BCUT2D eigenvalue weighted by molar-refractivity contribution is 5.20. The molecule has 1 aliphatic rings. The Morgan fingerprint density at radius 2 is 2.00 bits per heavy atom. The molecule has 0 radical (unpaired) electrons. The minimum Gasteiger partial charge on any atom is -0.463 e. The number of aryl methyl sites for hydroxylation is 1. The first-order valence-corrected chi connectivity index (χ1v) is 8.46. The first kappa shape index (κ1) is 16.6.